The largest absolute Gasteiger partial charge is 0.481 e. The number of halogens is 2. The van der Waals surface area contributed by atoms with E-state index in [0.717, 1.165) is 4.47 Å². The molecule has 114 valence electrons. The highest BCUT2D eigenvalue weighted by atomic mass is 79.9. The molecule has 4 nitrogen and oxygen atoms in total. The highest BCUT2D eigenvalue weighted by Gasteiger charge is 2.19. The molecule has 0 bridgehead atoms. The topological polar surface area (TPSA) is 66.4 Å². The van der Waals surface area contributed by atoms with Gasteiger partial charge in [0.15, 0.2) is 0 Å². The Morgan fingerprint density at radius 1 is 1.18 bits per heavy atom. The molecular formula is C16H13BrFNO3. The van der Waals surface area contributed by atoms with Crippen LogP contribution in [0.2, 0.25) is 0 Å². The van der Waals surface area contributed by atoms with Crippen LogP contribution in [0.3, 0.4) is 0 Å². The first-order chi connectivity index (χ1) is 10.5. The molecule has 1 amide bonds. The summed E-state index contributed by atoms with van der Waals surface area (Å²) in [6, 6.07) is 11.4. The van der Waals surface area contributed by atoms with Gasteiger partial charge in [0.1, 0.15) is 5.82 Å². The summed E-state index contributed by atoms with van der Waals surface area (Å²) < 4.78 is 13.7. The Morgan fingerprint density at radius 3 is 2.45 bits per heavy atom. The van der Waals surface area contributed by atoms with Crippen molar-refractivity contribution in [2.24, 2.45) is 0 Å². The number of carboxylic acids is 1. The van der Waals surface area contributed by atoms with Gasteiger partial charge in [0.25, 0.3) is 5.91 Å². The second-order valence-electron chi connectivity index (χ2n) is 4.69. The third kappa shape index (κ3) is 4.39. The van der Waals surface area contributed by atoms with E-state index in [1.807, 2.05) is 0 Å². The van der Waals surface area contributed by atoms with Gasteiger partial charge in [0, 0.05) is 10.0 Å². The Kier molecular flexibility index (Phi) is 5.27. The third-order valence-electron chi connectivity index (χ3n) is 3.04. The Bertz CT molecular complexity index is 688. The SMILES string of the molecule is O=C(O)C[C@@H](NC(=O)c1cccc(Br)c1)c1ccc(F)cc1. The molecule has 0 unspecified atom stereocenters. The molecule has 0 aliphatic carbocycles. The summed E-state index contributed by atoms with van der Waals surface area (Å²) in [7, 11) is 0. The number of carbonyl (C=O) groups is 2. The monoisotopic (exact) mass is 365 g/mol. The number of carboxylic acid groups (broad SMARTS) is 1. The first-order valence-corrected chi connectivity index (χ1v) is 7.28. The third-order valence-corrected chi connectivity index (χ3v) is 3.54. The van der Waals surface area contributed by atoms with Crippen LogP contribution in [-0.4, -0.2) is 17.0 Å². The van der Waals surface area contributed by atoms with Gasteiger partial charge in [0.2, 0.25) is 0 Å². The van der Waals surface area contributed by atoms with Gasteiger partial charge in [-0.05, 0) is 35.9 Å². The molecule has 0 aliphatic rings. The predicted molar refractivity (Wildman–Crippen MR) is 83.0 cm³/mol. The Hall–Kier alpha value is -2.21. The Labute approximate surface area is 135 Å². The molecule has 0 heterocycles. The molecule has 0 radical (unpaired) electrons. The van der Waals surface area contributed by atoms with E-state index in [4.69, 9.17) is 5.11 Å². The molecule has 0 aromatic heterocycles. The number of amides is 1. The van der Waals surface area contributed by atoms with Crippen LogP contribution in [-0.2, 0) is 4.79 Å². The molecular weight excluding hydrogens is 353 g/mol. The summed E-state index contributed by atoms with van der Waals surface area (Å²) >= 11 is 3.27. The minimum atomic E-state index is -1.05. The number of hydrogen-bond donors (Lipinski definition) is 2. The van der Waals surface area contributed by atoms with E-state index in [1.165, 1.54) is 24.3 Å². The van der Waals surface area contributed by atoms with E-state index < -0.39 is 23.7 Å². The average molecular weight is 366 g/mol. The quantitative estimate of drug-likeness (QED) is 0.851. The maximum absolute atomic E-state index is 13.0. The van der Waals surface area contributed by atoms with Gasteiger partial charge in [0.05, 0.1) is 12.5 Å². The lowest BCUT2D eigenvalue weighted by molar-refractivity contribution is -0.137. The minimum Gasteiger partial charge on any atom is -0.481 e. The number of hydrogen-bond acceptors (Lipinski definition) is 2. The lowest BCUT2D eigenvalue weighted by atomic mass is 10.0. The molecule has 2 aromatic rings. The number of nitrogens with one attached hydrogen (secondary N) is 1. The van der Waals surface area contributed by atoms with Crippen LogP contribution in [0.4, 0.5) is 4.39 Å². The number of rotatable bonds is 5. The molecule has 0 spiro atoms. The van der Waals surface area contributed by atoms with Gasteiger partial charge < -0.3 is 10.4 Å². The smallest absolute Gasteiger partial charge is 0.305 e. The highest BCUT2D eigenvalue weighted by molar-refractivity contribution is 9.10. The number of carbonyl (C=O) groups excluding carboxylic acids is 1. The lowest BCUT2D eigenvalue weighted by Gasteiger charge is -2.17. The second-order valence-corrected chi connectivity index (χ2v) is 5.60. The molecule has 0 saturated carbocycles. The summed E-state index contributed by atoms with van der Waals surface area (Å²) in [6.45, 7) is 0. The predicted octanol–water partition coefficient (Wildman–Crippen LogP) is 3.53. The standard InChI is InChI=1S/C16H13BrFNO3/c17-12-3-1-2-11(8-12)16(22)19-14(9-15(20)21)10-4-6-13(18)7-5-10/h1-8,14H,9H2,(H,19,22)(H,20,21)/t14-/m1/s1. The molecule has 2 aromatic carbocycles. The maximum atomic E-state index is 13.0. The average Bonchev–Trinajstić information content (AvgIpc) is 2.47. The molecule has 1 atom stereocenters. The van der Waals surface area contributed by atoms with Crippen molar-refractivity contribution >= 4 is 27.8 Å². The summed E-state index contributed by atoms with van der Waals surface area (Å²) in [5.41, 5.74) is 0.944. The van der Waals surface area contributed by atoms with Gasteiger partial charge in [-0.2, -0.15) is 0 Å². The van der Waals surface area contributed by atoms with E-state index >= 15 is 0 Å². The van der Waals surface area contributed by atoms with E-state index in [0.29, 0.717) is 11.1 Å². The zero-order valence-electron chi connectivity index (χ0n) is 11.4. The van der Waals surface area contributed by atoms with Crippen LogP contribution in [0.15, 0.2) is 53.0 Å². The van der Waals surface area contributed by atoms with Crippen LogP contribution in [0.25, 0.3) is 0 Å². The molecule has 22 heavy (non-hydrogen) atoms. The second kappa shape index (κ2) is 7.17. The van der Waals surface area contributed by atoms with Crippen LogP contribution >= 0.6 is 15.9 Å². The fraction of sp³-hybridized carbons (Fsp3) is 0.125. The van der Waals surface area contributed by atoms with Crippen molar-refractivity contribution in [1.29, 1.82) is 0 Å². The molecule has 0 aliphatic heterocycles. The van der Waals surface area contributed by atoms with Crippen molar-refractivity contribution in [1.82, 2.24) is 5.32 Å². The highest BCUT2D eigenvalue weighted by Crippen LogP contribution is 2.19. The van der Waals surface area contributed by atoms with Crippen LogP contribution < -0.4 is 5.32 Å². The Morgan fingerprint density at radius 2 is 1.86 bits per heavy atom. The van der Waals surface area contributed by atoms with E-state index in [-0.39, 0.29) is 6.42 Å². The van der Waals surface area contributed by atoms with Gasteiger partial charge in [-0.3, -0.25) is 9.59 Å². The van der Waals surface area contributed by atoms with E-state index in [1.54, 1.807) is 24.3 Å². The minimum absolute atomic E-state index is 0.286. The summed E-state index contributed by atoms with van der Waals surface area (Å²) in [4.78, 5) is 23.2. The molecule has 2 N–H and O–H groups in total. The van der Waals surface area contributed by atoms with Gasteiger partial charge >= 0.3 is 5.97 Å². The van der Waals surface area contributed by atoms with Crippen molar-refractivity contribution in [2.45, 2.75) is 12.5 Å². The summed E-state index contributed by atoms with van der Waals surface area (Å²) in [5, 5.41) is 11.7. The number of benzene rings is 2. The van der Waals surface area contributed by atoms with Crippen molar-refractivity contribution in [2.75, 3.05) is 0 Å². The van der Waals surface area contributed by atoms with E-state index in [2.05, 4.69) is 21.2 Å². The first kappa shape index (κ1) is 16.2. The van der Waals surface area contributed by atoms with Gasteiger partial charge in [-0.25, -0.2) is 4.39 Å². The van der Waals surface area contributed by atoms with Crippen molar-refractivity contribution in [3.8, 4) is 0 Å². The van der Waals surface area contributed by atoms with Crippen LogP contribution in [0, 0.1) is 5.82 Å². The van der Waals surface area contributed by atoms with Gasteiger partial charge in [-0.1, -0.05) is 34.1 Å². The molecule has 6 heteroatoms. The van der Waals surface area contributed by atoms with Crippen LogP contribution in [0.5, 0.6) is 0 Å². The molecule has 0 fully saturated rings. The van der Waals surface area contributed by atoms with E-state index in [9.17, 15) is 14.0 Å². The summed E-state index contributed by atoms with van der Waals surface area (Å²) in [6.07, 6.45) is -0.286. The maximum Gasteiger partial charge on any atom is 0.305 e. The lowest BCUT2D eigenvalue weighted by Crippen LogP contribution is -2.30. The van der Waals surface area contributed by atoms with Crippen molar-refractivity contribution in [3.63, 3.8) is 0 Å². The zero-order chi connectivity index (χ0) is 16.1. The van der Waals surface area contributed by atoms with Gasteiger partial charge in [-0.15, -0.1) is 0 Å². The zero-order valence-corrected chi connectivity index (χ0v) is 13.0. The molecule has 0 saturated heterocycles. The number of aliphatic carboxylic acids is 1. The van der Waals surface area contributed by atoms with Crippen molar-refractivity contribution in [3.05, 3.63) is 69.9 Å². The normalized spacial score (nSPS) is 11.7. The fourth-order valence-electron chi connectivity index (χ4n) is 1.99. The first-order valence-electron chi connectivity index (χ1n) is 6.49. The Balaban J connectivity index is 2.21. The van der Waals surface area contributed by atoms with Crippen molar-refractivity contribution < 1.29 is 19.1 Å². The summed E-state index contributed by atoms with van der Waals surface area (Å²) in [5.74, 6) is -1.86. The van der Waals surface area contributed by atoms with Crippen LogP contribution in [0.1, 0.15) is 28.4 Å². The fourth-order valence-corrected chi connectivity index (χ4v) is 2.39. The molecule has 2 rings (SSSR count).